The summed E-state index contributed by atoms with van der Waals surface area (Å²) in [6.45, 7) is 10.3. The summed E-state index contributed by atoms with van der Waals surface area (Å²) in [7, 11) is 0. The summed E-state index contributed by atoms with van der Waals surface area (Å²) in [6, 6.07) is 12.8. The van der Waals surface area contributed by atoms with Crippen LogP contribution in [0.15, 0.2) is 36.4 Å². The van der Waals surface area contributed by atoms with E-state index in [4.69, 9.17) is 0 Å². The van der Waals surface area contributed by atoms with Gasteiger partial charge in [-0.1, -0.05) is 37.3 Å². The summed E-state index contributed by atoms with van der Waals surface area (Å²) in [6.07, 6.45) is 1.07. The van der Waals surface area contributed by atoms with Crippen LogP contribution in [0.25, 0.3) is 0 Å². The molecule has 2 heterocycles. The van der Waals surface area contributed by atoms with Crippen LogP contribution >= 0.6 is 0 Å². The predicted molar refractivity (Wildman–Crippen MR) is 99.5 cm³/mol. The second-order valence-electron chi connectivity index (χ2n) is 6.37. The number of aryl methyl sites for hydroxylation is 1. The van der Waals surface area contributed by atoms with Crippen molar-refractivity contribution in [1.82, 2.24) is 14.9 Å². The molecule has 1 aromatic carbocycles. The standard InChI is InChI=1S/C19H27N5/c1-3-9-20-19-21-16(2)14-18(22-19)24-12-10-23(11-13-24)15-17-7-5-4-6-8-17/h4-8,14H,3,9-13,15H2,1-2H3,(H,20,21,22). The van der Waals surface area contributed by atoms with Gasteiger partial charge in [0.05, 0.1) is 0 Å². The third-order valence-electron chi connectivity index (χ3n) is 4.32. The number of benzene rings is 1. The highest BCUT2D eigenvalue weighted by Crippen LogP contribution is 2.18. The van der Waals surface area contributed by atoms with Crippen LogP contribution in [-0.4, -0.2) is 47.6 Å². The fourth-order valence-electron chi connectivity index (χ4n) is 3.01. The minimum absolute atomic E-state index is 0.749. The first-order valence-corrected chi connectivity index (χ1v) is 8.85. The smallest absolute Gasteiger partial charge is 0.224 e. The summed E-state index contributed by atoms with van der Waals surface area (Å²) in [5.74, 6) is 1.79. The van der Waals surface area contributed by atoms with Crippen LogP contribution in [-0.2, 0) is 6.54 Å². The second-order valence-corrected chi connectivity index (χ2v) is 6.37. The van der Waals surface area contributed by atoms with E-state index in [0.29, 0.717) is 0 Å². The lowest BCUT2D eigenvalue weighted by atomic mass is 10.2. The van der Waals surface area contributed by atoms with E-state index in [2.05, 4.69) is 68.4 Å². The van der Waals surface area contributed by atoms with Gasteiger partial charge in [0.15, 0.2) is 0 Å². The molecule has 1 saturated heterocycles. The first-order valence-electron chi connectivity index (χ1n) is 8.85. The number of hydrogen-bond donors (Lipinski definition) is 1. The molecule has 5 heteroatoms. The third-order valence-corrected chi connectivity index (χ3v) is 4.32. The normalized spacial score (nSPS) is 15.5. The monoisotopic (exact) mass is 325 g/mol. The quantitative estimate of drug-likeness (QED) is 0.885. The SMILES string of the molecule is CCCNc1nc(C)cc(N2CCN(Cc3ccccc3)CC2)n1. The van der Waals surface area contributed by atoms with Crippen molar-refractivity contribution in [2.45, 2.75) is 26.8 Å². The molecular formula is C19H27N5. The fourth-order valence-corrected chi connectivity index (χ4v) is 3.01. The average Bonchev–Trinajstić information content (AvgIpc) is 2.61. The molecule has 1 aliphatic rings. The molecule has 0 radical (unpaired) electrons. The zero-order valence-corrected chi connectivity index (χ0v) is 14.7. The minimum Gasteiger partial charge on any atom is -0.354 e. The molecule has 0 bridgehead atoms. The van der Waals surface area contributed by atoms with Crippen LogP contribution in [0.3, 0.4) is 0 Å². The topological polar surface area (TPSA) is 44.3 Å². The molecule has 1 aliphatic heterocycles. The summed E-state index contributed by atoms with van der Waals surface area (Å²) in [5.41, 5.74) is 2.40. The maximum absolute atomic E-state index is 4.69. The fraction of sp³-hybridized carbons (Fsp3) is 0.474. The highest BCUT2D eigenvalue weighted by atomic mass is 15.3. The first kappa shape index (κ1) is 16.7. The van der Waals surface area contributed by atoms with Gasteiger partial charge in [0.2, 0.25) is 5.95 Å². The molecule has 0 atom stereocenters. The minimum atomic E-state index is 0.749. The molecule has 128 valence electrons. The van der Waals surface area contributed by atoms with Gasteiger partial charge in [0.1, 0.15) is 5.82 Å². The number of anilines is 2. The molecule has 3 rings (SSSR count). The number of aromatic nitrogens is 2. The van der Waals surface area contributed by atoms with Crippen LogP contribution < -0.4 is 10.2 Å². The Bertz CT molecular complexity index is 635. The Morgan fingerprint density at radius 2 is 1.79 bits per heavy atom. The molecule has 1 fully saturated rings. The Hall–Kier alpha value is -2.14. The molecular weight excluding hydrogens is 298 g/mol. The summed E-state index contributed by atoms with van der Waals surface area (Å²) < 4.78 is 0. The maximum atomic E-state index is 4.69. The summed E-state index contributed by atoms with van der Waals surface area (Å²) >= 11 is 0. The van der Waals surface area contributed by atoms with E-state index in [1.807, 2.05) is 6.92 Å². The summed E-state index contributed by atoms with van der Waals surface area (Å²) in [5, 5.41) is 3.30. The highest BCUT2D eigenvalue weighted by Gasteiger charge is 2.19. The van der Waals surface area contributed by atoms with E-state index in [1.54, 1.807) is 0 Å². The van der Waals surface area contributed by atoms with Crippen molar-refractivity contribution in [1.29, 1.82) is 0 Å². The molecule has 2 aromatic rings. The van der Waals surface area contributed by atoms with Gasteiger partial charge in [0.25, 0.3) is 0 Å². The van der Waals surface area contributed by atoms with Crippen molar-refractivity contribution in [3.63, 3.8) is 0 Å². The number of rotatable bonds is 6. The maximum Gasteiger partial charge on any atom is 0.224 e. The van der Waals surface area contributed by atoms with E-state index >= 15 is 0 Å². The van der Waals surface area contributed by atoms with Gasteiger partial charge in [-0.15, -0.1) is 0 Å². The van der Waals surface area contributed by atoms with Crippen molar-refractivity contribution in [2.75, 3.05) is 42.9 Å². The molecule has 0 unspecified atom stereocenters. The zero-order valence-electron chi connectivity index (χ0n) is 14.7. The van der Waals surface area contributed by atoms with Gasteiger partial charge < -0.3 is 10.2 Å². The lowest BCUT2D eigenvalue weighted by Crippen LogP contribution is -2.46. The largest absolute Gasteiger partial charge is 0.354 e. The van der Waals surface area contributed by atoms with Crippen LogP contribution in [0.2, 0.25) is 0 Å². The van der Waals surface area contributed by atoms with Crippen molar-refractivity contribution in [2.24, 2.45) is 0 Å². The van der Waals surface area contributed by atoms with Crippen molar-refractivity contribution < 1.29 is 0 Å². The number of nitrogens with one attached hydrogen (secondary N) is 1. The summed E-state index contributed by atoms with van der Waals surface area (Å²) in [4.78, 5) is 14.0. The van der Waals surface area contributed by atoms with Crippen molar-refractivity contribution in [3.8, 4) is 0 Å². The molecule has 0 amide bonds. The molecule has 0 spiro atoms. The van der Waals surface area contributed by atoms with Crippen molar-refractivity contribution >= 4 is 11.8 Å². The Balaban J connectivity index is 1.59. The van der Waals surface area contributed by atoms with Crippen LogP contribution in [0.4, 0.5) is 11.8 Å². The molecule has 5 nitrogen and oxygen atoms in total. The van der Waals surface area contributed by atoms with E-state index in [9.17, 15) is 0 Å². The highest BCUT2D eigenvalue weighted by molar-refractivity contribution is 5.45. The van der Waals surface area contributed by atoms with Gasteiger partial charge in [-0.25, -0.2) is 4.98 Å². The van der Waals surface area contributed by atoms with Gasteiger partial charge >= 0.3 is 0 Å². The van der Waals surface area contributed by atoms with Gasteiger partial charge in [-0.3, -0.25) is 4.90 Å². The Labute approximate surface area is 144 Å². The third kappa shape index (κ3) is 4.45. The molecule has 0 aliphatic carbocycles. The Kier molecular flexibility index (Phi) is 5.64. The number of piperazine rings is 1. The van der Waals surface area contributed by atoms with Crippen molar-refractivity contribution in [3.05, 3.63) is 47.7 Å². The molecule has 0 saturated carbocycles. The predicted octanol–water partition coefficient (Wildman–Crippen LogP) is 2.93. The lowest BCUT2D eigenvalue weighted by molar-refractivity contribution is 0.249. The molecule has 1 N–H and O–H groups in total. The van der Waals surface area contributed by atoms with Gasteiger partial charge in [0, 0.05) is 51.0 Å². The lowest BCUT2D eigenvalue weighted by Gasteiger charge is -2.35. The van der Waals surface area contributed by atoms with Gasteiger partial charge in [-0.2, -0.15) is 4.98 Å². The Morgan fingerprint density at radius 1 is 1.04 bits per heavy atom. The van der Waals surface area contributed by atoms with E-state index in [0.717, 1.165) is 63.1 Å². The molecule has 1 aromatic heterocycles. The van der Waals surface area contributed by atoms with Crippen LogP contribution in [0.5, 0.6) is 0 Å². The number of hydrogen-bond acceptors (Lipinski definition) is 5. The molecule has 24 heavy (non-hydrogen) atoms. The van der Waals surface area contributed by atoms with E-state index < -0.39 is 0 Å². The van der Waals surface area contributed by atoms with Gasteiger partial charge in [-0.05, 0) is 18.9 Å². The Morgan fingerprint density at radius 3 is 2.50 bits per heavy atom. The van der Waals surface area contributed by atoms with E-state index in [1.165, 1.54) is 5.56 Å². The number of nitrogens with zero attached hydrogens (tertiary/aromatic N) is 4. The zero-order chi connectivity index (χ0) is 16.8. The second kappa shape index (κ2) is 8.11. The van der Waals surface area contributed by atoms with E-state index in [-0.39, 0.29) is 0 Å². The van der Waals surface area contributed by atoms with Crippen LogP contribution in [0, 0.1) is 6.92 Å². The first-order chi connectivity index (χ1) is 11.7. The average molecular weight is 325 g/mol. The van der Waals surface area contributed by atoms with Crippen LogP contribution in [0.1, 0.15) is 24.6 Å².